The van der Waals surface area contributed by atoms with E-state index in [4.69, 9.17) is 4.74 Å². The Hall–Kier alpha value is -2.23. The van der Waals surface area contributed by atoms with Gasteiger partial charge >= 0.3 is 5.97 Å². The minimum atomic E-state index is -3.64. The summed E-state index contributed by atoms with van der Waals surface area (Å²) in [6, 6.07) is 6.41. The van der Waals surface area contributed by atoms with Crippen molar-refractivity contribution in [3.8, 4) is 0 Å². The number of hydrogen-bond donors (Lipinski definition) is 1. The van der Waals surface area contributed by atoms with E-state index < -0.39 is 28.5 Å². The molecule has 29 heavy (non-hydrogen) atoms. The number of thiophene rings is 1. The van der Waals surface area contributed by atoms with Crippen molar-refractivity contribution >= 4 is 38.9 Å². The Morgan fingerprint density at radius 2 is 1.86 bits per heavy atom. The van der Waals surface area contributed by atoms with E-state index in [1.165, 1.54) is 31.5 Å². The Kier molecular flexibility index (Phi) is 7.56. The molecule has 0 aliphatic rings. The number of esters is 1. The lowest BCUT2D eigenvalue weighted by Crippen LogP contribution is -2.24. The van der Waals surface area contributed by atoms with E-state index in [1.807, 2.05) is 13.0 Å². The Bertz CT molecular complexity index is 1010. The molecule has 1 amide bonds. The van der Waals surface area contributed by atoms with E-state index >= 15 is 0 Å². The molecule has 0 saturated carbocycles. The van der Waals surface area contributed by atoms with E-state index in [2.05, 4.69) is 12.2 Å². The first-order valence-electron chi connectivity index (χ1n) is 9.15. The van der Waals surface area contributed by atoms with E-state index in [1.54, 1.807) is 19.1 Å². The monoisotopic (exact) mass is 438 g/mol. The zero-order valence-corrected chi connectivity index (χ0v) is 18.9. The molecule has 0 bridgehead atoms. The van der Waals surface area contributed by atoms with E-state index in [0.717, 1.165) is 27.6 Å². The van der Waals surface area contributed by atoms with Crippen molar-refractivity contribution in [2.24, 2.45) is 0 Å². The van der Waals surface area contributed by atoms with E-state index in [0.29, 0.717) is 16.1 Å². The van der Waals surface area contributed by atoms with E-state index in [-0.39, 0.29) is 4.90 Å². The number of sulfonamides is 1. The molecule has 1 heterocycles. The second kappa shape index (κ2) is 9.51. The second-order valence-corrected chi connectivity index (χ2v) is 10.2. The third-order valence-corrected chi connectivity index (χ3v) is 7.34. The topological polar surface area (TPSA) is 92.8 Å². The SMILES string of the molecule is CCCc1cc(C(=O)OCC(=O)Nc2ccc(C)c(S(=O)(=O)N(C)C)c2)sc1C. The van der Waals surface area contributed by atoms with Crippen LogP contribution in [-0.4, -0.2) is 45.3 Å². The molecule has 9 heteroatoms. The first kappa shape index (κ1) is 23.1. The maximum absolute atomic E-state index is 12.4. The van der Waals surface area contributed by atoms with Crippen LogP contribution in [0.1, 0.15) is 39.0 Å². The van der Waals surface area contributed by atoms with Crippen LogP contribution in [0.4, 0.5) is 5.69 Å². The van der Waals surface area contributed by atoms with Crippen LogP contribution in [-0.2, 0) is 26.0 Å². The molecule has 0 spiro atoms. The summed E-state index contributed by atoms with van der Waals surface area (Å²) in [5, 5.41) is 2.57. The molecule has 1 aromatic carbocycles. The largest absolute Gasteiger partial charge is 0.451 e. The number of anilines is 1. The van der Waals surface area contributed by atoms with Crippen molar-refractivity contribution in [3.05, 3.63) is 45.1 Å². The van der Waals surface area contributed by atoms with Gasteiger partial charge in [-0.2, -0.15) is 0 Å². The summed E-state index contributed by atoms with van der Waals surface area (Å²) >= 11 is 1.35. The molecule has 7 nitrogen and oxygen atoms in total. The second-order valence-electron chi connectivity index (χ2n) is 6.83. The molecule has 0 unspecified atom stereocenters. The molecule has 0 atom stereocenters. The number of aryl methyl sites for hydroxylation is 3. The van der Waals surface area contributed by atoms with Gasteiger partial charge in [0.05, 0.1) is 4.90 Å². The number of nitrogens with zero attached hydrogens (tertiary/aromatic N) is 1. The number of rotatable bonds is 8. The molecule has 2 rings (SSSR count). The summed E-state index contributed by atoms with van der Waals surface area (Å²) in [6.45, 7) is 5.25. The quantitative estimate of drug-likeness (QED) is 0.638. The fraction of sp³-hybridized carbons (Fsp3) is 0.400. The van der Waals surface area contributed by atoms with Gasteiger partial charge in [0.2, 0.25) is 10.0 Å². The maximum Gasteiger partial charge on any atom is 0.348 e. The van der Waals surface area contributed by atoms with Gasteiger partial charge in [-0.15, -0.1) is 11.3 Å². The van der Waals surface area contributed by atoms with Gasteiger partial charge in [0.15, 0.2) is 6.61 Å². The molecule has 0 aliphatic heterocycles. The summed E-state index contributed by atoms with van der Waals surface area (Å²) in [5.41, 5.74) is 2.00. The lowest BCUT2D eigenvalue weighted by Gasteiger charge is -2.15. The Morgan fingerprint density at radius 3 is 2.48 bits per heavy atom. The molecular weight excluding hydrogens is 412 g/mol. The summed E-state index contributed by atoms with van der Waals surface area (Å²) in [5.74, 6) is -1.09. The van der Waals surface area contributed by atoms with E-state index in [9.17, 15) is 18.0 Å². The molecule has 1 N–H and O–H groups in total. The van der Waals surface area contributed by atoms with Crippen molar-refractivity contribution in [2.45, 2.75) is 38.5 Å². The fourth-order valence-corrected chi connectivity index (χ4v) is 4.80. The van der Waals surface area contributed by atoms with Crippen molar-refractivity contribution in [3.63, 3.8) is 0 Å². The summed E-state index contributed by atoms with van der Waals surface area (Å²) in [6.07, 6.45) is 1.87. The van der Waals surface area contributed by atoms with Gasteiger partial charge in [-0.1, -0.05) is 19.4 Å². The predicted octanol–water partition coefficient (Wildman–Crippen LogP) is 3.36. The summed E-state index contributed by atoms with van der Waals surface area (Å²) in [7, 11) is -0.752. The number of ether oxygens (including phenoxy) is 1. The van der Waals surface area contributed by atoms with Gasteiger partial charge in [0, 0.05) is 24.7 Å². The summed E-state index contributed by atoms with van der Waals surface area (Å²) in [4.78, 5) is 26.0. The van der Waals surface area contributed by atoms with Crippen LogP contribution >= 0.6 is 11.3 Å². The Balaban J connectivity index is 2.03. The number of benzene rings is 1. The van der Waals surface area contributed by atoms with Gasteiger partial charge in [0.1, 0.15) is 4.88 Å². The van der Waals surface area contributed by atoms with Crippen LogP contribution in [0.5, 0.6) is 0 Å². The highest BCUT2D eigenvalue weighted by Gasteiger charge is 2.21. The molecule has 0 aliphatic carbocycles. The third-order valence-electron chi connectivity index (χ3n) is 4.31. The zero-order valence-electron chi connectivity index (χ0n) is 17.2. The third kappa shape index (κ3) is 5.65. The lowest BCUT2D eigenvalue weighted by molar-refractivity contribution is -0.119. The molecule has 2 aromatic rings. The van der Waals surface area contributed by atoms with Crippen LogP contribution < -0.4 is 5.32 Å². The van der Waals surface area contributed by atoms with Crippen LogP contribution in [0.25, 0.3) is 0 Å². The Labute approximate surface area is 175 Å². The number of nitrogens with one attached hydrogen (secondary N) is 1. The Morgan fingerprint density at radius 1 is 1.17 bits per heavy atom. The van der Waals surface area contributed by atoms with Gasteiger partial charge < -0.3 is 10.1 Å². The van der Waals surface area contributed by atoms with Gasteiger partial charge in [-0.05, 0) is 49.6 Å². The maximum atomic E-state index is 12.4. The standard InChI is InChI=1S/C20H26N2O5S2/c1-6-7-15-10-17(28-14(15)3)20(24)27-12-19(23)21-16-9-8-13(2)18(11-16)29(25,26)22(4)5/h8-11H,6-7,12H2,1-5H3,(H,21,23). The van der Waals surface area contributed by atoms with Crippen LogP contribution in [0.3, 0.4) is 0 Å². The van der Waals surface area contributed by atoms with Gasteiger partial charge in [-0.25, -0.2) is 17.5 Å². The zero-order chi connectivity index (χ0) is 21.8. The van der Waals surface area contributed by atoms with Crippen molar-refractivity contribution in [2.75, 3.05) is 26.0 Å². The number of amides is 1. The summed E-state index contributed by atoms with van der Waals surface area (Å²) < 4.78 is 31.0. The molecule has 0 fully saturated rings. The predicted molar refractivity (Wildman–Crippen MR) is 114 cm³/mol. The first-order valence-corrected chi connectivity index (χ1v) is 11.4. The molecule has 0 radical (unpaired) electrons. The first-order chi connectivity index (χ1) is 13.6. The van der Waals surface area contributed by atoms with Crippen molar-refractivity contribution < 1.29 is 22.7 Å². The van der Waals surface area contributed by atoms with Crippen LogP contribution in [0.15, 0.2) is 29.2 Å². The average molecular weight is 439 g/mol. The van der Waals surface area contributed by atoms with Gasteiger partial charge in [0.25, 0.3) is 5.91 Å². The average Bonchev–Trinajstić information content (AvgIpc) is 3.02. The number of hydrogen-bond acceptors (Lipinski definition) is 6. The highest BCUT2D eigenvalue weighted by molar-refractivity contribution is 7.89. The van der Waals surface area contributed by atoms with Crippen LogP contribution in [0.2, 0.25) is 0 Å². The molecule has 158 valence electrons. The van der Waals surface area contributed by atoms with Crippen molar-refractivity contribution in [1.29, 1.82) is 0 Å². The molecular formula is C20H26N2O5S2. The number of carbonyl (C=O) groups excluding carboxylic acids is 2. The molecule has 0 saturated heterocycles. The minimum absolute atomic E-state index is 0.106. The fourth-order valence-electron chi connectivity index (χ4n) is 2.69. The minimum Gasteiger partial charge on any atom is -0.451 e. The highest BCUT2D eigenvalue weighted by Crippen LogP contribution is 2.24. The molecule has 1 aromatic heterocycles. The number of carbonyl (C=O) groups is 2. The van der Waals surface area contributed by atoms with Crippen LogP contribution in [0, 0.1) is 13.8 Å². The van der Waals surface area contributed by atoms with Gasteiger partial charge in [-0.3, -0.25) is 4.79 Å². The van der Waals surface area contributed by atoms with Crippen molar-refractivity contribution in [1.82, 2.24) is 4.31 Å². The smallest absolute Gasteiger partial charge is 0.348 e. The normalized spacial score (nSPS) is 11.5. The highest BCUT2D eigenvalue weighted by atomic mass is 32.2. The lowest BCUT2D eigenvalue weighted by atomic mass is 10.1.